The summed E-state index contributed by atoms with van der Waals surface area (Å²) >= 11 is 0. The van der Waals surface area contributed by atoms with Crippen molar-refractivity contribution < 1.29 is 4.79 Å². The van der Waals surface area contributed by atoms with Crippen molar-refractivity contribution in [3.63, 3.8) is 0 Å². The minimum Gasteiger partial charge on any atom is -0.328 e. The van der Waals surface area contributed by atoms with Gasteiger partial charge in [0.2, 0.25) is 0 Å². The van der Waals surface area contributed by atoms with Gasteiger partial charge in [-0.15, -0.1) is 10.2 Å². The van der Waals surface area contributed by atoms with Gasteiger partial charge >= 0.3 is 0 Å². The molecule has 2 N–H and O–H groups in total. The first-order valence-corrected chi connectivity index (χ1v) is 7.14. The molecular formula is C15H19N5O. The Hall–Kier alpha value is -2.21. The lowest BCUT2D eigenvalue weighted by molar-refractivity contribution is 0.0728. The molecule has 21 heavy (non-hydrogen) atoms. The fourth-order valence-electron chi connectivity index (χ4n) is 2.82. The Morgan fingerprint density at radius 1 is 1.38 bits per heavy atom. The number of nitrogens with zero attached hydrogens (tertiary/aromatic N) is 4. The van der Waals surface area contributed by atoms with Crippen LogP contribution >= 0.6 is 0 Å². The largest absolute Gasteiger partial charge is 0.328 e. The number of benzene rings is 1. The molecule has 110 valence electrons. The minimum absolute atomic E-state index is 0.0131. The van der Waals surface area contributed by atoms with E-state index in [2.05, 4.69) is 10.2 Å². The molecule has 1 saturated heterocycles. The molecule has 3 rings (SSSR count). The molecule has 1 aliphatic heterocycles. The van der Waals surface area contributed by atoms with Crippen LogP contribution in [0.15, 0.2) is 30.6 Å². The Bertz CT molecular complexity index is 634. The minimum atomic E-state index is 0.0131. The van der Waals surface area contributed by atoms with Crippen LogP contribution in [0, 0.1) is 0 Å². The summed E-state index contributed by atoms with van der Waals surface area (Å²) in [5.74, 6) is 0.892. The average molecular weight is 285 g/mol. The van der Waals surface area contributed by atoms with Gasteiger partial charge in [0.25, 0.3) is 5.91 Å². The maximum absolute atomic E-state index is 12.7. The van der Waals surface area contributed by atoms with E-state index in [-0.39, 0.29) is 11.9 Å². The molecule has 0 radical (unpaired) electrons. The van der Waals surface area contributed by atoms with Crippen LogP contribution in [0.4, 0.5) is 0 Å². The van der Waals surface area contributed by atoms with E-state index in [1.807, 2.05) is 40.8 Å². The highest BCUT2D eigenvalue weighted by atomic mass is 16.2. The molecule has 2 aromatic rings. The monoisotopic (exact) mass is 285 g/mol. The number of hydrogen-bond donors (Lipinski definition) is 1. The van der Waals surface area contributed by atoms with Crippen molar-refractivity contribution in [1.82, 2.24) is 19.7 Å². The van der Waals surface area contributed by atoms with Crippen LogP contribution in [0.2, 0.25) is 0 Å². The quantitative estimate of drug-likeness (QED) is 0.920. The standard InChI is InChI=1S/C15H19N5O/c1-19-10-17-18-14(19)13-3-2-8-20(13)15(21)12-6-4-11(9-16)5-7-12/h4-7,10,13H,2-3,8-9,16H2,1H3. The molecule has 6 nitrogen and oxygen atoms in total. The Morgan fingerprint density at radius 3 is 2.76 bits per heavy atom. The van der Waals surface area contributed by atoms with Crippen LogP contribution in [0.25, 0.3) is 0 Å². The summed E-state index contributed by atoms with van der Waals surface area (Å²) in [6.07, 6.45) is 3.59. The SMILES string of the molecule is Cn1cnnc1C1CCCN1C(=O)c1ccc(CN)cc1. The van der Waals surface area contributed by atoms with Gasteiger partial charge < -0.3 is 15.2 Å². The number of likely N-dealkylation sites (tertiary alicyclic amines) is 1. The van der Waals surface area contributed by atoms with Crippen LogP contribution in [-0.4, -0.2) is 32.1 Å². The Kier molecular flexibility index (Phi) is 3.70. The number of aryl methyl sites for hydroxylation is 1. The predicted octanol–water partition coefficient (Wildman–Crippen LogP) is 1.25. The van der Waals surface area contributed by atoms with Crippen LogP contribution in [-0.2, 0) is 13.6 Å². The highest BCUT2D eigenvalue weighted by Crippen LogP contribution is 2.31. The number of carbonyl (C=O) groups excluding carboxylic acids is 1. The molecule has 1 amide bonds. The molecule has 0 bridgehead atoms. The van der Waals surface area contributed by atoms with Crippen LogP contribution in [0.5, 0.6) is 0 Å². The second-order valence-corrected chi connectivity index (χ2v) is 5.36. The fourth-order valence-corrected chi connectivity index (χ4v) is 2.82. The molecule has 0 saturated carbocycles. The van der Waals surface area contributed by atoms with E-state index in [4.69, 9.17) is 5.73 Å². The third-order valence-corrected chi connectivity index (χ3v) is 3.99. The Balaban J connectivity index is 1.84. The molecule has 1 aromatic carbocycles. The lowest BCUT2D eigenvalue weighted by Crippen LogP contribution is -2.31. The third kappa shape index (κ3) is 2.54. The lowest BCUT2D eigenvalue weighted by Gasteiger charge is -2.24. The third-order valence-electron chi connectivity index (χ3n) is 3.99. The van der Waals surface area contributed by atoms with Crippen molar-refractivity contribution in [2.45, 2.75) is 25.4 Å². The smallest absolute Gasteiger partial charge is 0.254 e. The van der Waals surface area contributed by atoms with Gasteiger partial charge in [-0.1, -0.05) is 12.1 Å². The summed E-state index contributed by atoms with van der Waals surface area (Å²) in [6.45, 7) is 1.24. The van der Waals surface area contributed by atoms with Gasteiger partial charge in [0, 0.05) is 25.7 Å². The highest BCUT2D eigenvalue weighted by Gasteiger charge is 2.33. The van der Waals surface area contributed by atoms with Gasteiger partial charge in [-0.3, -0.25) is 4.79 Å². The van der Waals surface area contributed by atoms with Crippen molar-refractivity contribution in [2.24, 2.45) is 12.8 Å². The molecule has 0 aliphatic carbocycles. The summed E-state index contributed by atoms with van der Waals surface area (Å²) in [6, 6.07) is 7.51. The van der Waals surface area contributed by atoms with E-state index < -0.39 is 0 Å². The van der Waals surface area contributed by atoms with Crippen LogP contribution < -0.4 is 5.73 Å². The van der Waals surface area contributed by atoms with Crippen molar-refractivity contribution >= 4 is 5.91 Å². The highest BCUT2D eigenvalue weighted by molar-refractivity contribution is 5.94. The van der Waals surface area contributed by atoms with E-state index >= 15 is 0 Å². The van der Waals surface area contributed by atoms with Gasteiger partial charge in [0.1, 0.15) is 6.33 Å². The number of amides is 1. The van der Waals surface area contributed by atoms with Gasteiger partial charge in [-0.05, 0) is 30.5 Å². The number of rotatable bonds is 3. The van der Waals surface area contributed by atoms with Gasteiger partial charge in [-0.25, -0.2) is 0 Å². The van der Waals surface area contributed by atoms with Gasteiger partial charge in [-0.2, -0.15) is 0 Å². The topological polar surface area (TPSA) is 77.0 Å². The van der Waals surface area contributed by atoms with Crippen LogP contribution in [0.3, 0.4) is 0 Å². The lowest BCUT2D eigenvalue weighted by atomic mass is 10.1. The summed E-state index contributed by atoms with van der Waals surface area (Å²) in [5.41, 5.74) is 7.31. The normalized spacial score (nSPS) is 18.2. The molecule has 1 unspecified atom stereocenters. The molecule has 1 atom stereocenters. The van der Waals surface area contributed by atoms with E-state index in [1.54, 1.807) is 6.33 Å². The van der Waals surface area contributed by atoms with E-state index in [0.29, 0.717) is 12.1 Å². The number of hydrogen-bond acceptors (Lipinski definition) is 4. The summed E-state index contributed by atoms with van der Waals surface area (Å²) in [7, 11) is 1.91. The molecule has 1 aliphatic rings. The zero-order chi connectivity index (χ0) is 14.8. The van der Waals surface area contributed by atoms with Gasteiger partial charge in [0.05, 0.1) is 6.04 Å². The molecule has 1 fully saturated rings. The first kappa shape index (κ1) is 13.8. The zero-order valence-corrected chi connectivity index (χ0v) is 12.1. The average Bonchev–Trinajstić information content (AvgIpc) is 3.14. The maximum Gasteiger partial charge on any atom is 0.254 e. The maximum atomic E-state index is 12.7. The zero-order valence-electron chi connectivity index (χ0n) is 12.1. The molecule has 1 aromatic heterocycles. The number of aromatic nitrogens is 3. The molecule has 0 spiro atoms. The summed E-state index contributed by atoms with van der Waals surface area (Å²) in [4.78, 5) is 14.6. The Morgan fingerprint density at radius 2 is 2.14 bits per heavy atom. The second kappa shape index (κ2) is 5.65. The Labute approximate surface area is 123 Å². The van der Waals surface area contributed by atoms with E-state index in [9.17, 15) is 4.79 Å². The second-order valence-electron chi connectivity index (χ2n) is 5.36. The summed E-state index contributed by atoms with van der Waals surface area (Å²) in [5, 5.41) is 8.07. The van der Waals surface area contributed by atoms with E-state index in [1.165, 1.54) is 0 Å². The van der Waals surface area contributed by atoms with Gasteiger partial charge in [0.15, 0.2) is 5.82 Å². The van der Waals surface area contributed by atoms with Crippen molar-refractivity contribution in [3.05, 3.63) is 47.5 Å². The number of carbonyl (C=O) groups is 1. The molecule has 6 heteroatoms. The first-order chi connectivity index (χ1) is 10.2. The first-order valence-electron chi connectivity index (χ1n) is 7.14. The molecule has 2 heterocycles. The van der Waals surface area contributed by atoms with Crippen molar-refractivity contribution in [2.75, 3.05) is 6.54 Å². The summed E-state index contributed by atoms with van der Waals surface area (Å²) < 4.78 is 1.88. The van der Waals surface area contributed by atoms with E-state index in [0.717, 1.165) is 30.8 Å². The fraction of sp³-hybridized carbons (Fsp3) is 0.400. The molecular weight excluding hydrogens is 266 g/mol. The van der Waals surface area contributed by atoms with Crippen LogP contribution in [0.1, 0.15) is 40.6 Å². The predicted molar refractivity (Wildman–Crippen MR) is 78.3 cm³/mol. The van der Waals surface area contributed by atoms with Crippen molar-refractivity contribution in [1.29, 1.82) is 0 Å². The number of nitrogens with two attached hydrogens (primary N) is 1. The van der Waals surface area contributed by atoms with Crippen molar-refractivity contribution in [3.8, 4) is 0 Å².